The lowest BCUT2D eigenvalue weighted by Gasteiger charge is -1.95. The molecule has 3 nitrogen and oxygen atoms in total. The molecule has 1 unspecified atom stereocenters. The number of aromatic nitrogens is 1. The number of fused-ring (bicyclic) bond motifs is 1. The fourth-order valence-electron chi connectivity index (χ4n) is 1.09. The third kappa shape index (κ3) is 1.05. The molecule has 0 saturated carbocycles. The standard InChI is InChI=1S/C8H9N2OS/c1-11-6-2-3-8-7(4-6)10-5-12(8)9/h2-5H,9H2,1H3/q+1. The van der Waals surface area contributed by atoms with Crippen molar-refractivity contribution in [3.63, 3.8) is 0 Å². The van der Waals surface area contributed by atoms with Crippen LogP contribution in [-0.2, 0) is 0 Å². The summed E-state index contributed by atoms with van der Waals surface area (Å²) in [6.45, 7) is 0. The van der Waals surface area contributed by atoms with E-state index in [4.69, 9.17) is 9.88 Å². The summed E-state index contributed by atoms with van der Waals surface area (Å²) in [7, 11) is 1.34. The second-order valence-corrected chi connectivity index (χ2v) is 3.83. The van der Waals surface area contributed by atoms with E-state index >= 15 is 0 Å². The van der Waals surface area contributed by atoms with Crippen molar-refractivity contribution >= 4 is 20.9 Å². The number of nitrogens with two attached hydrogens (primary N) is 1. The summed E-state index contributed by atoms with van der Waals surface area (Å²) in [6, 6.07) is 5.76. The minimum atomic E-state index is -0.305. The molecule has 2 aromatic rings. The van der Waals surface area contributed by atoms with Gasteiger partial charge in [-0.2, -0.15) is 4.98 Å². The normalized spacial score (nSPS) is 12.0. The molecule has 4 heteroatoms. The molecule has 0 aliphatic rings. The molecular formula is C8H9N2OS+. The van der Waals surface area contributed by atoms with Gasteiger partial charge in [0.25, 0.3) is 5.51 Å². The number of hydrogen-bond donors (Lipinski definition) is 1. The van der Waals surface area contributed by atoms with Gasteiger partial charge in [0, 0.05) is 12.1 Å². The second-order valence-electron chi connectivity index (χ2n) is 2.44. The Morgan fingerprint density at radius 2 is 2.33 bits per heavy atom. The van der Waals surface area contributed by atoms with Gasteiger partial charge in [0.05, 0.1) is 17.8 Å². The fraction of sp³-hybridized carbons (Fsp3) is 0.125. The van der Waals surface area contributed by atoms with Crippen LogP contribution in [0.15, 0.2) is 23.7 Å². The lowest BCUT2D eigenvalue weighted by Crippen LogP contribution is -1.81. The molecule has 0 aliphatic carbocycles. The van der Waals surface area contributed by atoms with Crippen LogP contribution in [0.5, 0.6) is 5.75 Å². The molecule has 0 amide bonds. The highest BCUT2D eigenvalue weighted by Crippen LogP contribution is 2.26. The van der Waals surface area contributed by atoms with Gasteiger partial charge in [-0.3, -0.25) is 0 Å². The van der Waals surface area contributed by atoms with Crippen molar-refractivity contribution in [3.05, 3.63) is 23.7 Å². The minimum Gasteiger partial charge on any atom is -0.497 e. The number of methoxy groups -OCH3 is 1. The summed E-state index contributed by atoms with van der Waals surface area (Å²) in [5, 5.41) is 5.78. The predicted octanol–water partition coefficient (Wildman–Crippen LogP) is 1.71. The highest BCUT2D eigenvalue weighted by molar-refractivity contribution is 7.35. The first kappa shape index (κ1) is 7.52. The summed E-state index contributed by atoms with van der Waals surface area (Å²) in [4.78, 5) is 4.17. The second kappa shape index (κ2) is 2.73. The number of hydrogen-bond acceptors (Lipinski definition) is 3. The van der Waals surface area contributed by atoms with Gasteiger partial charge >= 0.3 is 0 Å². The van der Waals surface area contributed by atoms with Crippen molar-refractivity contribution in [2.45, 2.75) is 0 Å². The molecule has 62 valence electrons. The quantitative estimate of drug-likeness (QED) is 0.681. The first-order valence-electron chi connectivity index (χ1n) is 3.51. The van der Waals surface area contributed by atoms with Crippen LogP contribution in [0.3, 0.4) is 0 Å². The van der Waals surface area contributed by atoms with Crippen LogP contribution in [0, 0.1) is 0 Å². The van der Waals surface area contributed by atoms with Gasteiger partial charge in [-0.1, -0.05) is 0 Å². The van der Waals surface area contributed by atoms with Crippen LogP contribution in [0.4, 0.5) is 0 Å². The number of ether oxygens (including phenoxy) is 1. The Morgan fingerprint density at radius 3 is 3.08 bits per heavy atom. The van der Waals surface area contributed by atoms with E-state index in [1.54, 1.807) is 12.6 Å². The van der Waals surface area contributed by atoms with E-state index < -0.39 is 0 Å². The monoisotopic (exact) mass is 181 g/mol. The number of rotatable bonds is 1. The maximum atomic E-state index is 5.78. The Balaban J connectivity index is 2.69. The van der Waals surface area contributed by atoms with Crippen LogP contribution in [0.2, 0.25) is 0 Å². The highest BCUT2D eigenvalue weighted by atomic mass is 32.2. The number of thiazole rings is 1. The molecule has 0 spiro atoms. The van der Waals surface area contributed by atoms with E-state index in [0.29, 0.717) is 0 Å². The number of nitrogen functional groups attached to an aromatic ring is 1. The van der Waals surface area contributed by atoms with Gasteiger partial charge in [0.1, 0.15) is 11.3 Å². The van der Waals surface area contributed by atoms with Gasteiger partial charge in [0.15, 0.2) is 0 Å². The number of benzene rings is 1. The van der Waals surface area contributed by atoms with Crippen LogP contribution in [0.25, 0.3) is 10.2 Å². The van der Waals surface area contributed by atoms with Crippen molar-refractivity contribution in [1.29, 1.82) is 0 Å². The molecule has 2 rings (SSSR count). The summed E-state index contributed by atoms with van der Waals surface area (Å²) < 4.78 is 6.16. The lowest BCUT2D eigenvalue weighted by molar-refractivity contribution is 0.415. The Kier molecular flexibility index (Phi) is 1.71. The van der Waals surface area contributed by atoms with Crippen LogP contribution in [-0.4, -0.2) is 12.1 Å². The molecule has 0 aliphatic heterocycles. The topological polar surface area (TPSA) is 48.1 Å². The van der Waals surface area contributed by atoms with Gasteiger partial charge in [0.2, 0.25) is 4.70 Å². The zero-order valence-electron chi connectivity index (χ0n) is 6.65. The van der Waals surface area contributed by atoms with E-state index in [9.17, 15) is 0 Å². The first-order chi connectivity index (χ1) is 5.81. The molecular weight excluding hydrogens is 172 g/mol. The Hall–Kier alpha value is -1.13. The molecule has 1 atom stereocenters. The fourth-order valence-corrected chi connectivity index (χ4v) is 2.01. The summed E-state index contributed by atoms with van der Waals surface area (Å²) >= 11 is 0. The number of nitrogens with zero attached hydrogens (tertiary/aromatic N) is 1. The Labute approximate surface area is 72.9 Å². The van der Waals surface area contributed by atoms with Crippen LogP contribution < -0.4 is 9.88 Å². The molecule has 12 heavy (non-hydrogen) atoms. The van der Waals surface area contributed by atoms with E-state index in [-0.39, 0.29) is 10.7 Å². The molecule has 1 aromatic heterocycles. The molecule has 1 aromatic carbocycles. The third-order valence-electron chi connectivity index (χ3n) is 1.73. The van der Waals surface area contributed by atoms with E-state index in [2.05, 4.69) is 4.98 Å². The molecule has 2 N–H and O–H groups in total. The molecule has 1 heterocycles. The average Bonchev–Trinajstić information content (AvgIpc) is 2.47. The average molecular weight is 181 g/mol. The minimum absolute atomic E-state index is 0.305. The first-order valence-corrected chi connectivity index (χ1v) is 4.86. The van der Waals surface area contributed by atoms with Crippen molar-refractivity contribution in [2.75, 3.05) is 12.2 Å². The zero-order valence-corrected chi connectivity index (χ0v) is 7.47. The van der Waals surface area contributed by atoms with Crippen molar-refractivity contribution < 1.29 is 4.74 Å². The van der Waals surface area contributed by atoms with Crippen LogP contribution in [0.1, 0.15) is 0 Å². The summed E-state index contributed by atoms with van der Waals surface area (Å²) in [5.41, 5.74) is 2.70. The SMILES string of the molecule is COc1ccc2c(c1)nc[s+]2N. The van der Waals surface area contributed by atoms with E-state index in [0.717, 1.165) is 16.0 Å². The zero-order chi connectivity index (χ0) is 8.55. The third-order valence-corrected chi connectivity index (χ3v) is 2.91. The summed E-state index contributed by atoms with van der Waals surface area (Å²) in [6.07, 6.45) is 0. The van der Waals surface area contributed by atoms with Crippen molar-refractivity contribution in [2.24, 2.45) is 0 Å². The van der Waals surface area contributed by atoms with Crippen molar-refractivity contribution in [3.8, 4) is 5.75 Å². The molecule has 0 saturated heterocycles. The molecule has 0 bridgehead atoms. The molecule has 0 fully saturated rings. The smallest absolute Gasteiger partial charge is 0.252 e. The van der Waals surface area contributed by atoms with Gasteiger partial charge in [-0.05, 0) is 6.07 Å². The largest absolute Gasteiger partial charge is 0.497 e. The predicted molar refractivity (Wildman–Crippen MR) is 50.9 cm³/mol. The maximum Gasteiger partial charge on any atom is 0.252 e. The summed E-state index contributed by atoms with van der Waals surface area (Å²) in [5.74, 6) is 0.824. The Morgan fingerprint density at radius 1 is 1.50 bits per heavy atom. The highest BCUT2D eigenvalue weighted by Gasteiger charge is 2.09. The van der Waals surface area contributed by atoms with Gasteiger partial charge in [-0.15, -0.1) is 5.14 Å². The van der Waals surface area contributed by atoms with Gasteiger partial charge < -0.3 is 4.74 Å². The Bertz CT molecular complexity index is 410. The van der Waals surface area contributed by atoms with Crippen molar-refractivity contribution in [1.82, 2.24) is 4.98 Å². The van der Waals surface area contributed by atoms with Gasteiger partial charge in [-0.25, -0.2) is 0 Å². The van der Waals surface area contributed by atoms with E-state index in [1.807, 2.05) is 18.2 Å². The molecule has 0 radical (unpaired) electrons. The van der Waals surface area contributed by atoms with E-state index in [1.165, 1.54) is 0 Å². The maximum absolute atomic E-state index is 5.78. The lowest BCUT2D eigenvalue weighted by atomic mass is 10.3. The van der Waals surface area contributed by atoms with Crippen LogP contribution >= 0.6 is 10.7 Å².